The summed E-state index contributed by atoms with van der Waals surface area (Å²) in [5.41, 5.74) is 8.19. The molecule has 21 heavy (non-hydrogen) atoms. The largest absolute Gasteiger partial charge is 0.329 e. The highest BCUT2D eigenvalue weighted by atomic mass is 19.1. The fraction of sp³-hybridized carbons (Fsp3) is 0.647. The topological polar surface area (TPSA) is 32.5 Å². The second-order valence-corrected chi connectivity index (χ2v) is 6.49. The first kappa shape index (κ1) is 16.4. The minimum atomic E-state index is -0.170. The van der Waals surface area contributed by atoms with Gasteiger partial charge in [-0.05, 0) is 76.1 Å². The van der Waals surface area contributed by atoms with Crippen molar-refractivity contribution in [2.45, 2.75) is 25.8 Å². The summed E-state index contributed by atoms with van der Waals surface area (Å²) in [6, 6.07) is 5.26. The van der Waals surface area contributed by atoms with Gasteiger partial charge in [0.1, 0.15) is 5.82 Å². The van der Waals surface area contributed by atoms with E-state index >= 15 is 0 Å². The maximum absolute atomic E-state index is 13.3. The van der Waals surface area contributed by atoms with Crippen molar-refractivity contribution in [3.05, 3.63) is 35.1 Å². The van der Waals surface area contributed by atoms with Gasteiger partial charge in [0.25, 0.3) is 0 Å². The molecule has 0 aromatic heterocycles. The molecule has 1 aromatic rings. The van der Waals surface area contributed by atoms with Crippen molar-refractivity contribution < 1.29 is 4.39 Å². The van der Waals surface area contributed by atoms with E-state index in [2.05, 4.69) is 23.9 Å². The Morgan fingerprint density at radius 2 is 2.00 bits per heavy atom. The maximum atomic E-state index is 13.3. The minimum absolute atomic E-state index is 0.170. The Kier molecular flexibility index (Phi) is 5.73. The molecule has 0 aliphatic carbocycles. The Balaban J connectivity index is 2.02. The van der Waals surface area contributed by atoms with Gasteiger partial charge >= 0.3 is 0 Å². The zero-order chi connectivity index (χ0) is 15.4. The molecule has 0 amide bonds. The van der Waals surface area contributed by atoms with E-state index in [1.54, 1.807) is 12.1 Å². The quantitative estimate of drug-likeness (QED) is 0.905. The second-order valence-electron chi connectivity index (χ2n) is 6.49. The Morgan fingerprint density at radius 1 is 1.33 bits per heavy atom. The van der Waals surface area contributed by atoms with Crippen LogP contribution in [0.1, 0.15) is 30.0 Å². The number of piperidine rings is 1. The fourth-order valence-corrected chi connectivity index (χ4v) is 3.45. The summed E-state index contributed by atoms with van der Waals surface area (Å²) >= 11 is 0. The second kappa shape index (κ2) is 7.34. The number of hydrogen-bond acceptors (Lipinski definition) is 3. The molecule has 0 saturated carbocycles. The lowest BCUT2D eigenvalue weighted by molar-refractivity contribution is 0.122. The zero-order valence-electron chi connectivity index (χ0n) is 13.5. The van der Waals surface area contributed by atoms with Gasteiger partial charge in [0.15, 0.2) is 0 Å². The SMILES string of the molecule is Cc1cc(F)ccc1C(CN)N1CCC(CN(C)C)CC1. The molecule has 1 aliphatic rings. The van der Waals surface area contributed by atoms with Gasteiger partial charge in [-0.2, -0.15) is 0 Å². The molecule has 2 rings (SSSR count). The molecule has 1 unspecified atom stereocenters. The molecule has 3 nitrogen and oxygen atoms in total. The van der Waals surface area contributed by atoms with Crippen LogP contribution in [0.15, 0.2) is 18.2 Å². The molecule has 0 bridgehead atoms. The van der Waals surface area contributed by atoms with Gasteiger partial charge in [-0.25, -0.2) is 4.39 Å². The molecule has 1 aromatic carbocycles. The summed E-state index contributed by atoms with van der Waals surface area (Å²) in [7, 11) is 4.27. The van der Waals surface area contributed by atoms with Gasteiger partial charge in [0.2, 0.25) is 0 Å². The number of nitrogens with zero attached hydrogens (tertiary/aromatic N) is 2. The first-order chi connectivity index (χ1) is 10.0. The summed E-state index contributed by atoms with van der Waals surface area (Å²) in [5.74, 6) is 0.612. The van der Waals surface area contributed by atoms with Crippen LogP contribution < -0.4 is 5.73 Å². The van der Waals surface area contributed by atoms with Crippen molar-refractivity contribution in [2.24, 2.45) is 11.7 Å². The van der Waals surface area contributed by atoms with Gasteiger partial charge in [0.05, 0.1) is 0 Å². The minimum Gasteiger partial charge on any atom is -0.329 e. The molecule has 1 fully saturated rings. The number of rotatable bonds is 5. The van der Waals surface area contributed by atoms with E-state index < -0.39 is 0 Å². The molecule has 0 spiro atoms. The predicted octanol–water partition coefficient (Wildman–Crippen LogP) is 2.41. The van der Waals surface area contributed by atoms with Crippen molar-refractivity contribution in [3.8, 4) is 0 Å². The van der Waals surface area contributed by atoms with Crippen LogP contribution in [0.5, 0.6) is 0 Å². The first-order valence-electron chi connectivity index (χ1n) is 7.86. The number of aryl methyl sites for hydroxylation is 1. The van der Waals surface area contributed by atoms with Crippen LogP contribution in [-0.2, 0) is 0 Å². The zero-order valence-corrected chi connectivity index (χ0v) is 13.5. The van der Waals surface area contributed by atoms with E-state index in [0.29, 0.717) is 6.54 Å². The summed E-state index contributed by atoms with van der Waals surface area (Å²) in [6.07, 6.45) is 2.43. The summed E-state index contributed by atoms with van der Waals surface area (Å²) in [5, 5.41) is 0. The Bertz CT molecular complexity index is 453. The lowest BCUT2D eigenvalue weighted by Crippen LogP contribution is -2.41. The number of nitrogens with two attached hydrogens (primary N) is 1. The van der Waals surface area contributed by atoms with Crippen molar-refractivity contribution in [1.29, 1.82) is 0 Å². The van der Waals surface area contributed by atoms with Crippen molar-refractivity contribution in [3.63, 3.8) is 0 Å². The summed E-state index contributed by atoms with van der Waals surface area (Å²) < 4.78 is 13.3. The molecule has 1 aliphatic heterocycles. The van der Waals surface area contributed by atoms with Crippen molar-refractivity contribution in [1.82, 2.24) is 9.80 Å². The molecule has 1 atom stereocenters. The lowest BCUT2D eigenvalue weighted by Gasteiger charge is -2.38. The summed E-state index contributed by atoms with van der Waals surface area (Å²) in [6.45, 7) is 5.88. The van der Waals surface area contributed by atoms with Crippen LogP contribution in [0.2, 0.25) is 0 Å². The monoisotopic (exact) mass is 293 g/mol. The van der Waals surface area contributed by atoms with E-state index in [9.17, 15) is 4.39 Å². The summed E-state index contributed by atoms with van der Waals surface area (Å²) in [4.78, 5) is 4.73. The third kappa shape index (κ3) is 4.25. The van der Waals surface area contributed by atoms with E-state index in [-0.39, 0.29) is 11.9 Å². The maximum Gasteiger partial charge on any atom is 0.123 e. The highest BCUT2D eigenvalue weighted by molar-refractivity contribution is 5.30. The molecule has 4 heteroatoms. The van der Waals surface area contributed by atoms with Crippen molar-refractivity contribution in [2.75, 3.05) is 40.3 Å². The molecule has 118 valence electrons. The smallest absolute Gasteiger partial charge is 0.123 e. The predicted molar refractivity (Wildman–Crippen MR) is 85.8 cm³/mol. The highest BCUT2D eigenvalue weighted by Crippen LogP contribution is 2.28. The van der Waals surface area contributed by atoms with Gasteiger partial charge in [-0.3, -0.25) is 4.90 Å². The normalized spacial score (nSPS) is 19.1. The fourth-order valence-electron chi connectivity index (χ4n) is 3.45. The van der Waals surface area contributed by atoms with Crippen LogP contribution in [0.25, 0.3) is 0 Å². The third-order valence-corrected chi connectivity index (χ3v) is 4.53. The molecule has 2 N–H and O–H groups in total. The number of likely N-dealkylation sites (tertiary alicyclic amines) is 1. The number of hydrogen-bond donors (Lipinski definition) is 1. The molecule has 0 radical (unpaired) electrons. The van der Waals surface area contributed by atoms with Gasteiger partial charge < -0.3 is 10.6 Å². The van der Waals surface area contributed by atoms with Crippen LogP contribution in [0, 0.1) is 18.7 Å². The average Bonchev–Trinajstić information content (AvgIpc) is 2.43. The molecular formula is C17H28FN3. The molecule has 1 saturated heterocycles. The third-order valence-electron chi connectivity index (χ3n) is 4.53. The molecule has 1 heterocycles. The van der Waals surface area contributed by atoms with Crippen molar-refractivity contribution >= 4 is 0 Å². The number of benzene rings is 1. The Hall–Kier alpha value is -0.970. The van der Waals surface area contributed by atoms with E-state index in [1.165, 1.54) is 18.4 Å². The highest BCUT2D eigenvalue weighted by Gasteiger charge is 2.26. The van der Waals surface area contributed by atoms with Crippen LogP contribution in [0.3, 0.4) is 0 Å². The number of halogens is 1. The van der Waals surface area contributed by atoms with Crippen LogP contribution in [-0.4, -0.2) is 50.1 Å². The average molecular weight is 293 g/mol. The first-order valence-corrected chi connectivity index (χ1v) is 7.86. The van der Waals surface area contributed by atoms with E-state index in [0.717, 1.165) is 31.1 Å². The van der Waals surface area contributed by atoms with Gasteiger partial charge in [0, 0.05) is 19.1 Å². The van der Waals surface area contributed by atoms with Gasteiger partial charge in [-0.1, -0.05) is 6.07 Å². The van der Waals surface area contributed by atoms with E-state index in [1.807, 2.05) is 13.0 Å². The van der Waals surface area contributed by atoms with Gasteiger partial charge in [-0.15, -0.1) is 0 Å². The van der Waals surface area contributed by atoms with E-state index in [4.69, 9.17) is 5.73 Å². The standard InChI is InChI=1S/C17H28FN3/c1-13-10-15(18)4-5-16(13)17(11-19)21-8-6-14(7-9-21)12-20(2)3/h4-5,10,14,17H,6-9,11-12,19H2,1-3H3. The Labute approximate surface area is 127 Å². The van der Waals surface area contributed by atoms with Crippen LogP contribution >= 0.6 is 0 Å². The van der Waals surface area contributed by atoms with Crippen LogP contribution in [0.4, 0.5) is 4.39 Å². The molecular weight excluding hydrogens is 265 g/mol. The lowest BCUT2D eigenvalue weighted by atomic mass is 9.92. The Morgan fingerprint density at radius 3 is 2.52 bits per heavy atom.